The second-order valence-corrected chi connectivity index (χ2v) is 5.58. The SMILES string of the molecule is CCCCCN(CC(=O)NC(=O)NCc1ccco1)C(C)C. The fraction of sp³-hybridized carbons (Fsp3) is 0.625. The summed E-state index contributed by atoms with van der Waals surface area (Å²) < 4.78 is 5.10. The highest BCUT2D eigenvalue weighted by Gasteiger charge is 2.15. The molecule has 2 N–H and O–H groups in total. The number of unbranched alkanes of at least 4 members (excludes halogenated alkanes) is 2. The van der Waals surface area contributed by atoms with Crippen LogP contribution >= 0.6 is 0 Å². The lowest BCUT2D eigenvalue weighted by Gasteiger charge is -2.25. The molecule has 1 rings (SSSR count). The van der Waals surface area contributed by atoms with Gasteiger partial charge in [0.25, 0.3) is 0 Å². The maximum Gasteiger partial charge on any atom is 0.321 e. The molecule has 6 nitrogen and oxygen atoms in total. The van der Waals surface area contributed by atoms with Crippen molar-refractivity contribution in [2.45, 2.75) is 52.6 Å². The van der Waals surface area contributed by atoms with Gasteiger partial charge in [-0.05, 0) is 38.9 Å². The standard InChI is InChI=1S/C16H27N3O3/c1-4-5-6-9-19(13(2)3)12-15(20)18-16(21)17-11-14-8-7-10-22-14/h7-8,10,13H,4-6,9,11-12H2,1-3H3,(H2,17,18,20,21). The average molecular weight is 309 g/mol. The molecule has 0 bridgehead atoms. The van der Waals surface area contributed by atoms with Crippen molar-refractivity contribution >= 4 is 11.9 Å². The third-order valence-corrected chi connectivity index (χ3v) is 3.38. The summed E-state index contributed by atoms with van der Waals surface area (Å²) in [7, 11) is 0. The van der Waals surface area contributed by atoms with E-state index in [1.54, 1.807) is 12.1 Å². The molecular formula is C16H27N3O3. The molecule has 0 fully saturated rings. The van der Waals surface area contributed by atoms with E-state index in [9.17, 15) is 9.59 Å². The maximum absolute atomic E-state index is 11.9. The van der Waals surface area contributed by atoms with E-state index in [1.807, 2.05) is 0 Å². The highest BCUT2D eigenvalue weighted by Crippen LogP contribution is 2.03. The van der Waals surface area contributed by atoms with Crippen molar-refractivity contribution in [2.75, 3.05) is 13.1 Å². The predicted octanol–water partition coefficient (Wildman–Crippen LogP) is 2.51. The minimum absolute atomic E-state index is 0.232. The van der Waals surface area contributed by atoms with Gasteiger partial charge in [0.05, 0.1) is 19.4 Å². The molecule has 22 heavy (non-hydrogen) atoms. The van der Waals surface area contributed by atoms with Crippen LogP contribution in [0.25, 0.3) is 0 Å². The Labute approximate surface area is 132 Å². The van der Waals surface area contributed by atoms with Crippen LogP contribution in [-0.4, -0.2) is 36.0 Å². The van der Waals surface area contributed by atoms with Gasteiger partial charge in [0.2, 0.25) is 5.91 Å². The molecule has 1 aromatic heterocycles. The summed E-state index contributed by atoms with van der Waals surface area (Å²) in [6.45, 7) is 7.61. The average Bonchev–Trinajstić information content (AvgIpc) is 2.97. The van der Waals surface area contributed by atoms with Crippen LogP contribution < -0.4 is 10.6 Å². The molecular weight excluding hydrogens is 282 g/mol. The van der Waals surface area contributed by atoms with E-state index >= 15 is 0 Å². The van der Waals surface area contributed by atoms with Gasteiger partial charge in [-0.2, -0.15) is 0 Å². The highest BCUT2D eigenvalue weighted by atomic mass is 16.3. The Hall–Kier alpha value is -1.82. The van der Waals surface area contributed by atoms with E-state index in [0.29, 0.717) is 5.76 Å². The molecule has 0 saturated carbocycles. The van der Waals surface area contributed by atoms with E-state index in [-0.39, 0.29) is 25.0 Å². The molecule has 0 aliphatic carbocycles. The van der Waals surface area contributed by atoms with E-state index in [4.69, 9.17) is 4.42 Å². The van der Waals surface area contributed by atoms with Crippen LogP contribution in [0.3, 0.4) is 0 Å². The van der Waals surface area contributed by atoms with E-state index in [1.165, 1.54) is 6.26 Å². The highest BCUT2D eigenvalue weighted by molar-refractivity contribution is 5.95. The topological polar surface area (TPSA) is 74.6 Å². The van der Waals surface area contributed by atoms with E-state index < -0.39 is 6.03 Å². The minimum Gasteiger partial charge on any atom is -0.467 e. The summed E-state index contributed by atoms with van der Waals surface area (Å²) in [4.78, 5) is 25.7. The molecule has 0 spiro atoms. The lowest BCUT2D eigenvalue weighted by atomic mass is 10.2. The van der Waals surface area contributed by atoms with Crippen molar-refractivity contribution in [2.24, 2.45) is 0 Å². The van der Waals surface area contributed by atoms with Gasteiger partial charge in [0.1, 0.15) is 5.76 Å². The van der Waals surface area contributed by atoms with Crippen LogP contribution in [0.15, 0.2) is 22.8 Å². The second kappa shape index (κ2) is 10.00. The Bertz CT molecular complexity index is 443. The monoisotopic (exact) mass is 309 g/mol. The van der Waals surface area contributed by atoms with Gasteiger partial charge in [-0.15, -0.1) is 0 Å². The molecule has 0 radical (unpaired) electrons. The van der Waals surface area contributed by atoms with Gasteiger partial charge in [-0.3, -0.25) is 15.0 Å². The molecule has 1 aromatic rings. The van der Waals surface area contributed by atoms with Crippen LogP contribution in [0.4, 0.5) is 4.79 Å². The first-order chi connectivity index (χ1) is 10.5. The molecule has 0 aromatic carbocycles. The van der Waals surface area contributed by atoms with Gasteiger partial charge in [0, 0.05) is 6.04 Å². The third kappa shape index (κ3) is 7.26. The molecule has 124 valence electrons. The second-order valence-electron chi connectivity index (χ2n) is 5.58. The van der Waals surface area contributed by atoms with Crippen molar-refractivity contribution in [3.63, 3.8) is 0 Å². The Morgan fingerprint density at radius 1 is 1.32 bits per heavy atom. The van der Waals surface area contributed by atoms with Crippen molar-refractivity contribution in [3.8, 4) is 0 Å². The number of rotatable bonds is 9. The first-order valence-corrected chi connectivity index (χ1v) is 7.87. The molecule has 0 unspecified atom stereocenters. The third-order valence-electron chi connectivity index (χ3n) is 3.38. The fourth-order valence-corrected chi connectivity index (χ4v) is 2.06. The molecule has 6 heteroatoms. The van der Waals surface area contributed by atoms with E-state index in [0.717, 1.165) is 25.8 Å². The van der Waals surface area contributed by atoms with Crippen molar-refractivity contribution < 1.29 is 14.0 Å². The number of carbonyl (C=O) groups excluding carboxylic acids is 2. The summed E-state index contributed by atoms with van der Waals surface area (Å²) in [6.07, 6.45) is 4.89. The van der Waals surface area contributed by atoms with Crippen molar-refractivity contribution in [1.82, 2.24) is 15.5 Å². The maximum atomic E-state index is 11.9. The molecule has 3 amide bonds. The molecule has 0 aliphatic heterocycles. The van der Waals surface area contributed by atoms with Gasteiger partial charge in [0.15, 0.2) is 0 Å². The predicted molar refractivity (Wildman–Crippen MR) is 85.3 cm³/mol. The summed E-state index contributed by atoms with van der Waals surface area (Å²) in [5.41, 5.74) is 0. The minimum atomic E-state index is -0.501. The van der Waals surface area contributed by atoms with Gasteiger partial charge in [-0.1, -0.05) is 19.8 Å². The number of urea groups is 1. The van der Waals surface area contributed by atoms with Gasteiger partial charge in [-0.25, -0.2) is 4.79 Å². The zero-order valence-corrected chi connectivity index (χ0v) is 13.7. The molecule has 0 aliphatic rings. The van der Waals surface area contributed by atoms with Crippen LogP contribution in [0.5, 0.6) is 0 Å². The largest absolute Gasteiger partial charge is 0.467 e. The zero-order valence-electron chi connectivity index (χ0n) is 13.7. The molecule has 0 atom stereocenters. The quantitative estimate of drug-likeness (QED) is 0.687. The lowest BCUT2D eigenvalue weighted by Crippen LogP contribution is -2.46. The summed E-state index contributed by atoms with van der Waals surface area (Å²) in [5.74, 6) is 0.355. The number of nitrogens with zero attached hydrogens (tertiary/aromatic N) is 1. The first kappa shape index (κ1) is 18.2. The summed E-state index contributed by atoms with van der Waals surface area (Å²) in [5, 5.41) is 4.93. The Morgan fingerprint density at radius 2 is 2.09 bits per heavy atom. The molecule has 1 heterocycles. The smallest absolute Gasteiger partial charge is 0.321 e. The zero-order chi connectivity index (χ0) is 16.4. The van der Waals surface area contributed by atoms with Crippen LogP contribution in [0, 0.1) is 0 Å². The molecule has 0 saturated heterocycles. The van der Waals surface area contributed by atoms with Crippen molar-refractivity contribution in [1.29, 1.82) is 0 Å². The first-order valence-electron chi connectivity index (χ1n) is 7.87. The van der Waals surface area contributed by atoms with Crippen LogP contribution in [0.2, 0.25) is 0 Å². The Morgan fingerprint density at radius 3 is 2.68 bits per heavy atom. The van der Waals surface area contributed by atoms with Gasteiger partial charge < -0.3 is 9.73 Å². The normalized spacial score (nSPS) is 11.0. The number of hydrogen-bond acceptors (Lipinski definition) is 4. The summed E-state index contributed by atoms with van der Waals surface area (Å²) >= 11 is 0. The lowest BCUT2D eigenvalue weighted by molar-refractivity contribution is -0.121. The van der Waals surface area contributed by atoms with Crippen LogP contribution in [0.1, 0.15) is 45.8 Å². The number of furan rings is 1. The number of hydrogen-bond donors (Lipinski definition) is 2. The fourth-order valence-electron chi connectivity index (χ4n) is 2.06. The number of carbonyl (C=O) groups is 2. The van der Waals surface area contributed by atoms with E-state index in [2.05, 4.69) is 36.3 Å². The number of amides is 3. The Balaban J connectivity index is 2.30. The van der Waals surface area contributed by atoms with Crippen LogP contribution in [-0.2, 0) is 11.3 Å². The summed E-state index contributed by atoms with van der Waals surface area (Å²) in [6, 6.07) is 3.28. The number of nitrogens with one attached hydrogen (secondary N) is 2. The van der Waals surface area contributed by atoms with Crippen molar-refractivity contribution in [3.05, 3.63) is 24.2 Å². The van der Waals surface area contributed by atoms with Gasteiger partial charge >= 0.3 is 6.03 Å². The number of imide groups is 1. The Kier molecular flexibility index (Phi) is 8.28.